The van der Waals surface area contributed by atoms with Crippen LogP contribution in [0.15, 0.2) is 18.3 Å². The van der Waals surface area contributed by atoms with E-state index in [4.69, 9.17) is 33.2 Å². The maximum absolute atomic E-state index is 5.89. The molecule has 0 aliphatic carbocycles. The molecule has 0 aliphatic heterocycles. The Morgan fingerprint density at radius 3 is 2.52 bits per heavy atom. The normalized spacial score (nSPS) is 10.4. The van der Waals surface area contributed by atoms with E-state index in [0.29, 0.717) is 22.9 Å². The van der Waals surface area contributed by atoms with Gasteiger partial charge >= 0.3 is 0 Å². The fraction of sp³-hybridized carbons (Fsp3) is 0.267. The summed E-state index contributed by atoms with van der Waals surface area (Å²) < 4.78 is 11.3. The van der Waals surface area contributed by atoms with Gasteiger partial charge in [0.15, 0.2) is 11.6 Å². The lowest BCUT2D eigenvalue weighted by Crippen LogP contribution is -2.04. The quantitative estimate of drug-likeness (QED) is 0.692. The van der Waals surface area contributed by atoms with Crippen molar-refractivity contribution in [2.24, 2.45) is 0 Å². The minimum Gasteiger partial charge on any atom is -0.495 e. The Bertz CT molecular complexity index is 721. The average Bonchev–Trinajstić information content (AvgIpc) is 2.50. The fourth-order valence-corrected chi connectivity index (χ4v) is 2.18. The number of nitrogens with one attached hydrogen (secondary N) is 1. The molecule has 0 radical (unpaired) electrons. The molecule has 5 N–H and O–H groups in total. The largest absolute Gasteiger partial charge is 0.495 e. The van der Waals surface area contributed by atoms with E-state index in [-0.39, 0.29) is 17.7 Å². The van der Waals surface area contributed by atoms with Crippen molar-refractivity contribution in [1.29, 1.82) is 0 Å². The Hall–Kier alpha value is -2.61. The summed E-state index contributed by atoms with van der Waals surface area (Å²) in [6, 6.07) is 3.70. The summed E-state index contributed by atoms with van der Waals surface area (Å²) in [5.74, 6) is 2.09. The summed E-state index contributed by atoms with van der Waals surface area (Å²) in [5, 5.41) is 2.95. The van der Waals surface area contributed by atoms with E-state index in [9.17, 15) is 0 Å². The lowest BCUT2D eigenvalue weighted by molar-refractivity contribution is 0.413. The Morgan fingerprint density at radius 2 is 1.96 bits per heavy atom. The van der Waals surface area contributed by atoms with Crippen LogP contribution in [-0.4, -0.2) is 22.6 Å². The van der Waals surface area contributed by atoms with Crippen molar-refractivity contribution in [3.05, 3.63) is 23.9 Å². The Morgan fingerprint density at radius 1 is 1.22 bits per heavy atom. The van der Waals surface area contributed by atoms with Gasteiger partial charge in [-0.25, -0.2) is 4.98 Å². The number of nitrogens with two attached hydrogens (primary N) is 2. The molecule has 23 heavy (non-hydrogen) atoms. The van der Waals surface area contributed by atoms with Crippen LogP contribution in [0.3, 0.4) is 0 Å². The highest BCUT2D eigenvalue weighted by Gasteiger charge is 2.16. The topological polar surface area (TPSA) is 108 Å². The summed E-state index contributed by atoms with van der Waals surface area (Å²) >= 11 is 4.85. The molecule has 0 spiro atoms. The molecule has 8 heteroatoms. The van der Waals surface area contributed by atoms with Gasteiger partial charge in [0.25, 0.3) is 0 Å². The summed E-state index contributed by atoms with van der Waals surface area (Å²) in [6.07, 6.45) is 1.44. The molecule has 7 nitrogen and oxygen atoms in total. The van der Waals surface area contributed by atoms with Gasteiger partial charge in [0.2, 0.25) is 5.95 Å². The molecule has 0 aliphatic rings. The van der Waals surface area contributed by atoms with Crippen LogP contribution in [0, 0.1) is 0 Å². The summed E-state index contributed by atoms with van der Waals surface area (Å²) in [5.41, 5.74) is 14.4. The molecular weight excluding hydrogens is 314 g/mol. The van der Waals surface area contributed by atoms with E-state index in [0.717, 1.165) is 5.56 Å². The molecule has 0 saturated carbocycles. The minimum absolute atomic E-state index is 0.0942. The van der Waals surface area contributed by atoms with Gasteiger partial charge in [-0.05, 0) is 12.0 Å². The van der Waals surface area contributed by atoms with E-state index in [1.54, 1.807) is 13.2 Å². The van der Waals surface area contributed by atoms with Crippen LogP contribution >= 0.6 is 12.2 Å². The molecule has 0 amide bonds. The standard InChI is InChI=1S/C15H19N5O2S/c1-8(2)9-4-12(21-3)10(19-7-23)5-11(9)22-13-6-18-15(17)20-14(13)16/h4-8H,1-3H3,(H,19,23)(H4,16,17,18,20). The van der Waals surface area contributed by atoms with Gasteiger partial charge < -0.3 is 26.3 Å². The lowest BCUT2D eigenvalue weighted by atomic mass is 10.0. The molecular formula is C15H19N5O2S. The number of methoxy groups -OCH3 is 1. The van der Waals surface area contributed by atoms with E-state index >= 15 is 0 Å². The molecule has 1 heterocycles. The summed E-state index contributed by atoms with van der Waals surface area (Å²) in [6.45, 7) is 4.10. The molecule has 0 saturated heterocycles. The second-order valence-electron chi connectivity index (χ2n) is 5.09. The highest BCUT2D eigenvalue weighted by atomic mass is 32.1. The number of hydrogen-bond donors (Lipinski definition) is 3. The highest BCUT2D eigenvalue weighted by Crippen LogP contribution is 2.39. The molecule has 1 aromatic heterocycles. The van der Waals surface area contributed by atoms with Crippen LogP contribution in [0.5, 0.6) is 17.2 Å². The molecule has 2 aromatic rings. The molecule has 0 unspecified atom stereocenters. The van der Waals surface area contributed by atoms with Gasteiger partial charge in [0, 0.05) is 11.6 Å². The summed E-state index contributed by atoms with van der Waals surface area (Å²) in [7, 11) is 1.60. The minimum atomic E-state index is 0.0942. The predicted molar refractivity (Wildman–Crippen MR) is 95.3 cm³/mol. The summed E-state index contributed by atoms with van der Waals surface area (Å²) in [4.78, 5) is 7.79. The first kappa shape index (κ1) is 16.8. The molecule has 0 bridgehead atoms. The molecule has 0 atom stereocenters. The van der Waals surface area contributed by atoms with Crippen LogP contribution in [0.2, 0.25) is 0 Å². The highest BCUT2D eigenvalue weighted by molar-refractivity contribution is 7.79. The smallest absolute Gasteiger partial charge is 0.222 e. The second kappa shape index (κ2) is 7.10. The molecule has 122 valence electrons. The Balaban J connectivity index is 2.50. The Kier molecular flexibility index (Phi) is 5.17. The van der Waals surface area contributed by atoms with Crippen molar-refractivity contribution in [1.82, 2.24) is 9.97 Å². The zero-order chi connectivity index (χ0) is 17.0. The SMILES string of the molecule is COc1cc(C(C)C)c(Oc2cnc(N)nc2N)cc1NC=S. The number of nitrogens with zero attached hydrogens (tertiary/aromatic N) is 2. The zero-order valence-electron chi connectivity index (χ0n) is 13.2. The fourth-order valence-electron chi connectivity index (χ4n) is 2.06. The third-order valence-electron chi connectivity index (χ3n) is 3.19. The third kappa shape index (κ3) is 3.78. The van der Waals surface area contributed by atoms with Gasteiger partial charge in [-0.2, -0.15) is 4.98 Å². The van der Waals surface area contributed by atoms with E-state index in [2.05, 4.69) is 29.1 Å². The van der Waals surface area contributed by atoms with Gasteiger partial charge in [-0.15, -0.1) is 0 Å². The van der Waals surface area contributed by atoms with Crippen LogP contribution in [0.4, 0.5) is 17.5 Å². The number of thiocarbonyl (C=S) groups is 1. The van der Waals surface area contributed by atoms with Gasteiger partial charge in [0.1, 0.15) is 11.5 Å². The van der Waals surface area contributed by atoms with Gasteiger partial charge in [-0.1, -0.05) is 26.1 Å². The first-order valence-electron chi connectivity index (χ1n) is 6.94. The van der Waals surface area contributed by atoms with Crippen molar-refractivity contribution in [3.63, 3.8) is 0 Å². The van der Waals surface area contributed by atoms with Crippen LogP contribution in [0.1, 0.15) is 25.3 Å². The monoisotopic (exact) mass is 333 g/mol. The maximum atomic E-state index is 5.89. The van der Waals surface area contributed by atoms with Gasteiger partial charge in [0.05, 0.1) is 24.5 Å². The molecule has 0 fully saturated rings. The number of nitrogen functional groups attached to an aromatic ring is 2. The van der Waals surface area contributed by atoms with E-state index < -0.39 is 0 Å². The molecule has 1 aromatic carbocycles. The Labute approximate surface area is 140 Å². The average molecular weight is 333 g/mol. The number of hydrogen-bond acceptors (Lipinski definition) is 7. The number of anilines is 3. The van der Waals surface area contributed by atoms with E-state index in [1.807, 2.05) is 6.07 Å². The molecule has 2 rings (SSSR count). The number of aromatic nitrogens is 2. The van der Waals surface area contributed by atoms with Crippen molar-refractivity contribution >= 4 is 35.2 Å². The number of benzene rings is 1. The van der Waals surface area contributed by atoms with Crippen molar-refractivity contribution in [2.45, 2.75) is 19.8 Å². The number of rotatable bonds is 6. The maximum Gasteiger partial charge on any atom is 0.222 e. The lowest BCUT2D eigenvalue weighted by Gasteiger charge is -2.18. The predicted octanol–water partition coefficient (Wildman–Crippen LogP) is 2.93. The first-order chi connectivity index (χ1) is 11.0. The third-order valence-corrected chi connectivity index (χ3v) is 3.31. The van der Waals surface area contributed by atoms with Crippen LogP contribution in [0.25, 0.3) is 0 Å². The van der Waals surface area contributed by atoms with Crippen LogP contribution in [-0.2, 0) is 0 Å². The second-order valence-corrected chi connectivity index (χ2v) is 5.32. The van der Waals surface area contributed by atoms with Crippen molar-refractivity contribution in [2.75, 3.05) is 23.9 Å². The van der Waals surface area contributed by atoms with Crippen molar-refractivity contribution < 1.29 is 9.47 Å². The van der Waals surface area contributed by atoms with Crippen LogP contribution < -0.4 is 26.3 Å². The zero-order valence-corrected chi connectivity index (χ0v) is 14.0. The first-order valence-corrected chi connectivity index (χ1v) is 7.41. The van der Waals surface area contributed by atoms with Gasteiger partial charge in [-0.3, -0.25) is 0 Å². The number of ether oxygens (including phenoxy) is 2. The van der Waals surface area contributed by atoms with Crippen molar-refractivity contribution in [3.8, 4) is 17.2 Å². The van der Waals surface area contributed by atoms with E-state index in [1.165, 1.54) is 11.7 Å².